The van der Waals surface area contributed by atoms with Crippen molar-refractivity contribution in [2.45, 2.75) is 18.0 Å². The maximum atomic E-state index is 13.9. The number of sulfonamides is 1. The summed E-state index contributed by atoms with van der Waals surface area (Å²) in [4.78, 5) is -0.326. The van der Waals surface area contributed by atoms with E-state index in [9.17, 15) is 12.8 Å². The van der Waals surface area contributed by atoms with Crippen molar-refractivity contribution in [3.8, 4) is 0 Å². The SMILES string of the molecule is CNCc1ccc(S(=O)(=O)NCc2ccsc2)c(F)c1. The van der Waals surface area contributed by atoms with Crippen molar-refractivity contribution >= 4 is 21.4 Å². The lowest BCUT2D eigenvalue weighted by atomic mass is 10.2. The Balaban J connectivity index is 2.16. The predicted molar refractivity (Wildman–Crippen MR) is 77.5 cm³/mol. The molecule has 1 heterocycles. The van der Waals surface area contributed by atoms with Crippen LogP contribution in [-0.4, -0.2) is 15.5 Å². The highest BCUT2D eigenvalue weighted by atomic mass is 32.2. The van der Waals surface area contributed by atoms with Crippen LogP contribution in [0.25, 0.3) is 0 Å². The Morgan fingerprint density at radius 3 is 2.60 bits per heavy atom. The Kier molecular flexibility index (Phi) is 4.87. The number of hydrogen-bond acceptors (Lipinski definition) is 4. The maximum Gasteiger partial charge on any atom is 0.243 e. The summed E-state index contributed by atoms with van der Waals surface area (Å²) >= 11 is 1.48. The summed E-state index contributed by atoms with van der Waals surface area (Å²) in [5.41, 5.74) is 1.55. The molecule has 1 aromatic carbocycles. The molecule has 0 aliphatic rings. The first-order valence-corrected chi connectivity index (χ1v) is 8.39. The van der Waals surface area contributed by atoms with Gasteiger partial charge in [0.1, 0.15) is 10.7 Å². The van der Waals surface area contributed by atoms with Gasteiger partial charge in [0.15, 0.2) is 0 Å². The highest BCUT2D eigenvalue weighted by Crippen LogP contribution is 2.17. The zero-order valence-electron chi connectivity index (χ0n) is 10.9. The second kappa shape index (κ2) is 6.45. The van der Waals surface area contributed by atoms with E-state index in [-0.39, 0.29) is 11.4 Å². The molecule has 1 aromatic heterocycles. The van der Waals surface area contributed by atoms with Crippen LogP contribution in [0.15, 0.2) is 39.9 Å². The zero-order valence-corrected chi connectivity index (χ0v) is 12.5. The van der Waals surface area contributed by atoms with E-state index < -0.39 is 15.8 Å². The van der Waals surface area contributed by atoms with Gasteiger partial charge in [0.2, 0.25) is 10.0 Å². The molecule has 4 nitrogen and oxygen atoms in total. The largest absolute Gasteiger partial charge is 0.316 e. The van der Waals surface area contributed by atoms with E-state index in [1.165, 1.54) is 23.5 Å². The molecule has 0 unspecified atom stereocenters. The van der Waals surface area contributed by atoms with Gasteiger partial charge in [-0.25, -0.2) is 17.5 Å². The Bertz CT molecular complexity index is 670. The summed E-state index contributed by atoms with van der Waals surface area (Å²) in [5, 5.41) is 6.58. The van der Waals surface area contributed by atoms with E-state index in [2.05, 4.69) is 10.0 Å². The van der Waals surface area contributed by atoms with Crippen molar-refractivity contribution in [1.82, 2.24) is 10.0 Å². The predicted octanol–water partition coefficient (Wildman–Crippen LogP) is 2.09. The van der Waals surface area contributed by atoms with Crippen LogP contribution in [-0.2, 0) is 23.1 Å². The van der Waals surface area contributed by atoms with Crippen molar-refractivity contribution in [1.29, 1.82) is 0 Å². The number of thiophene rings is 1. The monoisotopic (exact) mass is 314 g/mol. The maximum absolute atomic E-state index is 13.9. The molecule has 0 bridgehead atoms. The fraction of sp³-hybridized carbons (Fsp3) is 0.231. The van der Waals surface area contributed by atoms with Gasteiger partial charge in [-0.15, -0.1) is 0 Å². The molecule has 108 valence electrons. The molecule has 0 aliphatic heterocycles. The standard InChI is InChI=1S/C13H15FN2O2S2/c1-15-7-10-2-3-13(12(14)6-10)20(17,18)16-8-11-4-5-19-9-11/h2-6,9,15-16H,7-8H2,1H3. The summed E-state index contributed by atoms with van der Waals surface area (Å²) in [6.45, 7) is 0.642. The van der Waals surface area contributed by atoms with Gasteiger partial charge in [-0.1, -0.05) is 6.07 Å². The van der Waals surface area contributed by atoms with Crippen molar-refractivity contribution < 1.29 is 12.8 Å². The van der Waals surface area contributed by atoms with Crippen LogP contribution in [0, 0.1) is 5.82 Å². The molecule has 0 spiro atoms. The van der Waals surface area contributed by atoms with E-state index in [1.54, 1.807) is 13.1 Å². The number of halogens is 1. The van der Waals surface area contributed by atoms with Gasteiger partial charge in [0, 0.05) is 13.1 Å². The summed E-state index contributed by atoms with van der Waals surface area (Å²) in [7, 11) is -2.10. The Morgan fingerprint density at radius 2 is 2.00 bits per heavy atom. The van der Waals surface area contributed by atoms with Gasteiger partial charge in [-0.2, -0.15) is 11.3 Å². The minimum absolute atomic E-state index is 0.156. The zero-order chi connectivity index (χ0) is 14.6. The summed E-state index contributed by atoms with van der Waals surface area (Å²) < 4.78 is 40.4. The van der Waals surface area contributed by atoms with E-state index >= 15 is 0 Å². The lowest BCUT2D eigenvalue weighted by Crippen LogP contribution is -2.24. The fourth-order valence-corrected chi connectivity index (χ4v) is 3.47. The van der Waals surface area contributed by atoms with Gasteiger partial charge >= 0.3 is 0 Å². The Hall–Kier alpha value is -1.28. The van der Waals surface area contributed by atoms with Crippen LogP contribution in [0.3, 0.4) is 0 Å². The van der Waals surface area contributed by atoms with Crippen molar-refractivity contribution in [2.24, 2.45) is 0 Å². The average Bonchev–Trinajstić information content (AvgIpc) is 2.90. The topological polar surface area (TPSA) is 58.2 Å². The van der Waals surface area contributed by atoms with Gasteiger partial charge in [-0.05, 0) is 47.1 Å². The first-order valence-electron chi connectivity index (χ1n) is 5.96. The van der Waals surface area contributed by atoms with E-state index in [4.69, 9.17) is 0 Å². The third kappa shape index (κ3) is 3.63. The van der Waals surface area contributed by atoms with E-state index in [0.29, 0.717) is 12.1 Å². The quantitative estimate of drug-likeness (QED) is 0.858. The minimum atomic E-state index is -3.84. The molecule has 7 heteroatoms. The van der Waals surface area contributed by atoms with Crippen LogP contribution in [0.1, 0.15) is 11.1 Å². The number of nitrogens with one attached hydrogen (secondary N) is 2. The summed E-state index contributed by atoms with van der Waals surface area (Å²) in [6, 6.07) is 5.94. The van der Waals surface area contributed by atoms with Crippen molar-refractivity contribution in [2.75, 3.05) is 7.05 Å². The minimum Gasteiger partial charge on any atom is -0.316 e. The third-order valence-corrected chi connectivity index (χ3v) is 4.88. The summed E-state index contributed by atoms with van der Waals surface area (Å²) in [5.74, 6) is -0.740. The smallest absolute Gasteiger partial charge is 0.243 e. The van der Waals surface area contributed by atoms with E-state index in [0.717, 1.165) is 5.56 Å². The van der Waals surface area contributed by atoms with Gasteiger partial charge in [0.25, 0.3) is 0 Å². The van der Waals surface area contributed by atoms with Crippen LogP contribution in [0.4, 0.5) is 4.39 Å². The number of hydrogen-bond donors (Lipinski definition) is 2. The highest BCUT2D eigenvalue weighted by Gasteiger charge is 2.18. The first-order chi connectivity index (χ1) is 9.53. The molecular weight excluding hydrogens is 299 g/mol. The van der Waals surface area contributed by atoms with Gasteiger partial charge in [-0.3, -0.25) is 0 Å². The van der Waals surface area contributed by atoms with Crippen LogP contribution in [0.5, 0.6) is 0 Å². The van der Waals surface area contributed by atoms with Crippen LogP contribution in [0.2, 0.25) is 0 Å². The third-order valence-electron chi connectivity index (χ3n) is 2.71. The van der Waals surface area contributed by atoms with Crippen LogP contribution >= 0.6 is 11.3 Å². The van der Waals surface area contributed by atoms with Gasteiger partial charge < -0.3 is 5.32 Å². The normalized spacial score (nSPS) is 11.7. The molecule has 0 radical (unpaired) electrons. The molecule has 2 rings (SSSR count). The molecule has 2 N–H and O–H groups in total. The van der Waals surface area contributed by atoms with E-state index in [1.807, 2.05) is 16.8 Å². The molecule has 0 amide bonds. The number of rotatable bonds is 6. The fourth-order valence-electron chi connectivity index (χ4n) is 1.73. The molecule has 0 atom stereocenters. The Morgan fingerprint density at radius 1 is 1.20 bits per heavy atom. The highest BCUT2D eigenvalue weighted by molar-refractivity contribution is 7.89. The van der Waals surface area contributed by atoms with Gasteiger partial charge in [0.05, 0.1) is 0 Å². The molecule has 0 aliphatic carbocycles. The lowest BCUT2D eigenvalue weighted by Gasteiger charge is -2.08. The molecule has 20 heavy (non-hydrogen) atoms. The molecule has 2 aromatic rings. The second-order valence-electron chi connectivity index (χ2n) is 4.25. The first kappa shape index (κ1) is 15.1. The van der Waals surface area contributed by atoms with Crippen molar-refractivity contribution in [3.05, 3.63) is 52.0 Å². The summed E-state index contributed by atoms with van der Waals surface area (Å²) in [6.07, 6.45) is 0. The molecule has 0 saturated heterocycles. The second-order valence-corrected chi connectivity index (χ2v) is 6.77. The number of benzene rings is 1. The van der Waals surface area contributed by atoms with Crippen LogP contribution < -0.4 is 10.0 Å². The molecule has 0 fully saturated rings. The average molecular weight is 314 g/mol. The Labute approximate surface area is 121 Å². The van der Waals surface area contributed by atoms with Crippen molar-refractivity contribution in [3.63, 3.8) is 0 Å². The molecule has 0 saturated carbocycles. The lowest BCUT2D eigenvalue weighted by molar-refractivity contribution is 0.555. The molecular formula is C13H15FN2O2S2.